The van der Waals surface area contributed by atoms with Crippen LogP contribution in [0.2, 0.25) is 0 Å². The number of unbranched alkanes of at least 4 members (excludes halogenated alkanes) is 1. The van der Waals surface area contributed by atoms with Gasteiger partial charge in [-0.1, -0.05) is 67.7 Å². The van der Waals surface area contributed by atoms with E-state index >= 15 is 0 Å². The van der Waals surface area contributed by atoms with Gasteiger partial charge in [0.05, 0.1) is 0 Å². The fraction of sp³-hybridized carbons (Fsp3) is 1.00. The molecule has 0 amide bonds. The normalized spacial score (nSPS) is 32.8. The average molecular weight is 226 g/mol. The highest BCUT2D eigenvalue weighted by atomic mass is 14.4. The van der Waals surface area contributed by atoms with Gasteiger partial charge in [-0.15, -0.1) is 0 Å². The predicted molar refractivity (Wildman–Crippen MR) is 75.8 cm³/mol. The van der Waals surface area contributed by atoms with Crippen molar-refractivity contribution in [3.05, 3.63) is 0 Å². The minimum Gasteiger partial charge on any atom is -0.0654 e. The van der Waals surface area contributed by atoms with Crippen LogP contribution in [0.25, 0.3) is 0 Å². The third-order valence-electron chi connectivity index (χ3n) is 4.00. The maximum atomic E-state index is 2.46. The van der Waals surface area contributed by atoms with E-state index in [4.69, 9.17) is 0 Å². The molecule has 0 aromatic heterocycles. The van der Waals surface area contributed by atoms with E-state index in [0.717, 1.165) is 5.92 Å². The molecular formula is C16H34. The van der Waals surface area contributed by atoms with E-state index in [0.29, 0.717) is 10.8 Å². The van der Waals surface area contributed by atoms with E-state index in [9.17, 15) is 0 Å². The Bertz CT molecular complexity index is 178. The minimum atomic E-state index is 0.586. The lowest BCUT2D eigenvalue weighted by molar-refractivity contribution is 0.0582. The van der Waals surface area contributed by atoms with E-state index in [1.165, 1.54) is 38.5 Å². The van der Waals surface area contributed by atoms with Crippen molar-refractivity contribution in [1.29, 1.82) is 0 Å². The lowest BCUT2D eigenvalue weighted by Crippen LogP contribution is -2.34. The third-order valence-corrected chi connectivity index (χ3v) is 4.00. The van der Waals surface area contributed by atoms with Crippen LogP contribution in [0.3, 0.4) is 0 Å². The molecule has 1 aliphatic carbocycles. The Balaban J connectivity index is 0.000000487. The number of hydrogen-bond donors (Lipinski definition) is 0. The molecule has 0 heterocycles. The van der Waals surface area contributed by atoms with Crippen molar-refractivity contribution in [3.63, 3.8) is 0 Å². The zero-order valence-electron chi connectivity index (χ0n) is 12.8. The van der Waals surface area contributed by atoms with Gasteiger partial charge in [-0.3, -0.25) is 0 Å². The molecule has 1 saturated carbocycles. The van der Waals surface area contributed by atoms with E-state index in [-0.39, 0.29) is 0 Å². The first-order chi connectivity index (χ1) is 7.28. The first kappa shape index (κ1) is 16.0. The second-order valence-electron chi connectivity index (χ2n) is 7.02. The molecule has 0 heteroatoms. The van der Waals surface area contributed by atoms with Crippen LogP contribution >= 0.6 is 0 Å². The molecule has 0 saturated heterocycles. The Labute approximate surface area is 104 Å². The second-order valence-corrected chi connectivity index (χ2v) is 7.02. The molecule has 1 aliphatic rings. The SMILES string of the molecule is CCC1(C)CC(C)CC(C)(C)C1.CCCC. The molecule has 0 aliphatic heterocycles. The van der Waals surface area contributed by atoms with Crippen molar-refractivity contribution >= 4 is 0 Å². The first-order valence-corrected chi connectivity index (χ1v) is 7.28. The summed E-state index contributed by atoms with van der Waals surface area (Å²) in [5.74, 6) is 0.929. The molecule has 1 fully saturated rings. The summed E-state index contributed by atoms with van der Waals surface area (Å²) >= 11 is 0. The van der Waals surface area contributed by atoms with E-state index in [1.807, 2.05) is 0 Å². The van der Waals surface area contributed by atoms with Crippen LogP contribution in [-0.2, 0) is 0 Å². The maximum absolute atomic E-state index is 2.46. The summed E-state index contributed by atoms with van der Waals surface area (Å²) in [5.41, 5.74) is 1.21. The summed E-state index contributed by atoms with van der Waals surface area (Å²) < 4.78 is 0. The molecule has 16 heavy (non-hydrogen) atoms. The van der Waals surface area contributed by atoms with Gasteiger partial charge in [0.2, 0.25) is 0 Å². The van der Waals surface area contributed by atoms with E-state index in [1.54, 1.807) is 0 Å². The first-order valence-electron chi connectivity index (χ1n) is 7.28. The molecule has 0 bridgehead atoms. The van der Waals surface area contributed by atoms with Crippen LogP contribution < -0.4 is 0 Å². The van der Waals surface area contributed by atoms with Crippen molar-refractivity contribution in [3.8, 4) is 0 Å². The van der Waals surface area contributed by atoms with Crippen LogP contribution in [0.5, 0.6) is 0 Å². The van der Waals surface area contributed by atoms with Gasteiger partial charge in [-0.2, -0.15) is 0 Å². The summed E-state index contributed by atoms with van der Waals surface area (Å²) in [6.45, 7) is 16.4. The smallest absolute Gasteiger partial charge is 0.0321 e. The predicted octanol–water partition coefficient (Wildman–Crippen LogP) is 6.06. The molecule has 1 rings (SSSR count). The molecule has 0 aromatic carbocycles. The van der Waals surface area contributed by atoms with Crippen molar-refractivity contribution in [2.45, 2.75) is 87.0 Å². The Morgan fingerprint density at radius 3 is 1.75 bits per heavy atom. The average Bonchev–Trinajstić information content (AvgIpc) is 2.14. The van der Waals surface area contributed by atoms with Crippen LogP contribution in [0.1, 0.15) is 87.0 Å². The van der Waals surface area contributed by atoms with Crippen molar-refractivity contribution < 1.29 is 0 Å². The Kier molecular flexibility index (Phi) is 6.67. The topological polar surface area (TPSA) is 0 Å². The van der Waals surface area contributed by atoms with Crippen LogP contribution in [-0.4, -0.2) is 0 Å². The molecule has 2 atom stereocenters. The number of rotatable bonds is 2. The summed E-state index contributed by atoms with van der Waals surface area (Å²) in [6, 6.07) is 0. The van der Waals surface area contributed by atoms with Crippen LogP contribution in [0.15, 0.2) is 0 Å². The summed E-state index contributed by atoms with van der Waals surface area (Å²) in [6.07, 6.45) is 8.26. The standard InChI is InChI=1S/C12H24.C4H10/c1-6-12(5)8-10(2)7-11(3,4)9-12;1-3-4-2/h10H,6-9H2,1-5H3;3-4H2,1-2H3. The van der Waals surface area contributed by atoms with E-state index in [2.05, 4.69) is 48.5 Å². The summed E-state index contributed by atoms with van der Waals surface area (Å²) in [4.78, 5) is 0. The van der Waals surface area contributed by atoms with Crippen molar-refractivity contribution in [2.75, 3.05) is 0 Å². The fourth-order valence-electron chi connectivity index (χ4n) is 3.43. The molecule has 0 aromatic rings. The Morgan fingerprint density at radius 2 is 1.44 bits per heavy atom. The highest BCUT2D eigenvalue weighted by molar-refractivity contribution is 4.89. The maximum Gasteiger partial charge on any atom is -0.0321 e. The molecule has 2 unspecified atom stereocenters. The molecule has 0 nitrogen and oxygen atoms in total. The molecular weight excluding hydrogens is 192 g/mol. The Hall–Kier alpha value is 0. The second kappa shape index (κ2) is 6.67. The molecule has 0 spiro atoms. The molecule has 98 valence electrons. The lowest BCUT2D eigenvalue weighted by Gasteiger charge is -2.45. The highest BCUT2D eigenvalue weighted by Gasteiger charge is 2.38. The van der Waals surface area contributed by atoms with Gasteiger partial charge in [0.25, 0.3) is 0 Å². The van der Waals surface area contributed by atoms with Gasteiger partial charge in [0, 0.05) is 0 Å². The lowest BCUT2D eigenvalue weighted by atomic mass is 9.60. The minimum absolute atomic E-state index is 0.586. The Morgan fingerprint density at radius 1 is 0.938 bits per heavy atom. The quantitative estimate of drug-likeness (QED) is 0.537. The van der Waals surface area contributed by atoms with Gasteiger partial charge in [0.1, 0.15) is 0 Å². The van der Waals surface area contributed by atoms with Gasteiger partial charge in [-0.05, 0) is 36.0 Å². The number of hydrogen-bond acceptors (Lipinski definition) is 0. The van der Waals surface area contributed by atoms with Gasteiger partial charge in [0.15, 0.2) is 0 Å². The van der Waals surface area contributed by atoms with Crippen LogP contribution in [0, 0.1) is 16.7 Å². The zero-order valence-corrected chi connectivity index (χ0v) is 12.8. The van der Waals surface area contributed by atoms with Crippen molar-refractivity contribution in [1.82, 2.24) is 0 Å². The largest absolute Gasteiger partial charge is 0.0654 e. The zero-order chi connectivity index (χ0) is 12.8. The van der Waals surface area contributed by atoms with Crippen LogP contribution in [0.4, 0.5) is 0 Å². The molecule has 0 radical (unpaired) electrons. The van der Waals surface area contributed by atoms with E-state index < -0.39 is 0 Å². The highest BCUT2D eigenvalue weighted by Crippen LogP contribution is 2.49. The van der Waals surface area contributed by atoms with Gasteiger partial charge >= 0.3 is 0 Å². The summed E-state index contributed by atoms with van der Waals surface area (Å²) in [5, 5.41) is 0. The van der Waals surface area contributed by atoms with Gasteiger partial charge in [-0.25, -0.2) is 0 Å². The molecule has 0 N–H and O–H groups in total. The monoisotopic (exact) mass is 226 g/mol. The van der Waals surface area contributed by atoms with Crippen molar-refractivity contribution in [2.24, 2.45) is 16.7 Å². The van der Waals surface area contributed by atoms with Gasteiger partial charge < -0.3 is 0 Å². The third kappa shape index (κ3) is 5.92. The summed E-state index contributed by atoms with van der Waals surface area (Å²) in [7, 11) is 0. The fourth-order valence-corrected chi connectivity index (χ4v) is 3.43.